The van der Waals surface area contributed by atoms with Crippen LogP contribution < -0.4 is 10.5 Å². The number of hydrogen-bond acceptors (Lipinski definition) is 3. The van der Waals surface area contributed by atoms with Crippen LogP contribution in [0.25, 0.3) is 0 Å². The van der Waals surface area contributed by atoms with Crippen molar-refractivity contribution in [3.05, 3.63) is 21.2 Å². The number of rotatable bonds is 2. The van der Waals surface area contributed by atoms with E-state index in [1.54, 1.807) is 0 Å². The van der Waals surface area contributed by atoms with Crippen LogP contribution in [0.5, 0.6) is 0 Å². The predicted octanol–water partition coefficient (Wildman–Crippen LogP) is 2.52. The van der Waals surface area contributed by atoms with E-state index in [-0.39, 0.29) is 17.0 Å². The van der Waals surface area contributed by atoms with Gasteiger partial charge in [0.25, 0.3) is 5.56 Å². The molecule has 0 spiro atoms. The minimum atomic E-state index is -0.163. The highest BCUT2D eigenvalue weighted by Crippen LogP contribution is 2.30. The molecule has 0 radical (unpaired) electrons. The van der Waals surface area contributed by atoms with Crippen molar-refractivity contribution in [3.8, 4) is 0 Å². The van der Waals surface area contributed by atoms with E-state index in [0.717, 1.165) is 12.8 Å². The SMILES string of the molecule is CN(c1nc[nH]c(=O)c1Br)C1CCCCC1Cl. The van der Waals surface area contributed by atoms with E-state index >= 15 is 0 Å². The lowest BCUT2D eigenvalue weighted by Gasteiger charge is -2.35. The van der Waals surface area contributed by atoms with Crippen molar-refractivity contribution in [2.75, 3.05) is 11.9 Å². The number of anilines is 1. The quantitative estimate of drug-likeness (QED) is 0.852. The number of hydrogen-bond donors (Lipinski definition) is 1. The second-order valence-corrected chi connectivity index (χ2v) is 5.70. The summed E-state index contributed by atoms with van der Waals surface area (Å²) >= 11 is 9.63. The third kappa shape index (κ3) is 2.65. The Morgan fingerprint density at radius 3 is 2.94 bits per heavy atom. The number of aromatic nitrogens is 2. The van der Waals surface area contributed by atoms with E-state index in [0.29, 0.717) is 10.3 Å². The molecular formula is C11H15BrClN3O. The minimum Gasteiger partial charge on any atom is -0.354 e. The molecule has 2 unspecified atom stereocenters. The fourth-order valence-corrected chi connectivity index (χ4v) is 3.22. The summed E-state index contributed by atoms with van der Waals surface area (Å²) in [4.78, 5) is 20.3. The van der Waals surface area contributed by atoms with Crippen molar-refractivity contribution in [2.24, 2.45) is 0 Å². The topological polar surface area (TPSA) is 49.0 Å². The summed E-state index contributed by atoms with van der Waals surface area (Å²) in [5.74, 6) is 0.659. The number of nitrogens with one attached hydrogen (secondary N) is 1. The van der Waals surface area contributed by atoms with Crippen molar-refractivity contribution < 1.29 is 0 Å². The molecule has 0 saturated heterocycles. The zero-order chi connectivity index (χ0) is 12.4. The van der Waals surface area contributed by atoms with Crippen LogP contribution >= 0.6 is 27.5 Å². The van der Waals surface area contributed by atoms with Crippen molar-refractivity contribution >= 4 is 33.3 Å². The lowest BCUT2D eigenvalue weighted by molar-refractivity contribution is 0.432. The minimum absolute atomic E-state index is 0.127. The molecule has 1 heterocycles. The van der Waals surface area contributed by atoms with Gasteiger partial charge >= 0.3 is 0 Å². The summed E-state index contributed by atoms with van der Waals surface area (Å²) in [5.41, 5.74) is -0.163. The summed E-state index contributed by atoms with van der Waals surface area (Å²) in [6, 6.07) is 0.246. The maximum absolute atomic E-state index is 11.5. The van der Waals surface area contributed by atoms with Crippen LogP contribution in [-0.4, -0.2) is 28.4 Å². The van der Waals surface area contributed by atoms with E-state index < -0.39 is 0 Å². The highest BCUT2D eigenvalue weighted by molar-refractivity contribution is 9.10. The van der Waals surface area contributed by atoms with Gasteiger partial charge in [0.2, 0.25) is 0 Å². The average molecular weight is 321 g/mol. The van der Waals surface area contributed by atoms with Gasteiger partial charge in [-0.15, -0.1) is 11.6 Å². The fourth-order valence-electron chi connectivity index (χ4n) is 2.28. The lowest BCUT2D eigenvalue weighted by Crippen LogP contribution is -2.42. The Kier molecular flexibility index (Phi) is 4.09. The standard InChI is InChI=1S/C11H15BrClN3O/c1-16(8-5-3-2-4-7(8)13)10-9(12)11(17)15-6-14-10/h6-8H,2-5H2,1H3,(H,14,15,17). The molecule has 1 aromatic rings. The molecule has 1 fully saturated rings. The summed E-state index contributed by atoms with van der Waals surface area (Å²) in [6.07, 6.45) is 5.86. The van der Waals surface area contributed by atoms with Gasteiger partial charge in [-0.2, -0.15) is 0 Å². The van der Waals surface area contributed by atoms with E-state index in [1.165, 1.54) is 19.2 Å². The second-order valence-electron chi connectivity index (χ2n) is 4.35. The Balaban J connectivity index is 2.26. The van der Waals surface area contributed by atoms with Crippen LogP contribution in [0.1, 0.15) is 25.7 Å². The Morgan fingerprint density at radius 2 is 2.24 bits per heavy atom. The Hall–Kier alpha value is -0.550. The maximum atomic E-state index is 11.5. The van der Waals surface area contributed by atoms with Crippen molar-refractivity contribution in [2.45, 2.75) is 37.1 Å². The van der Waals surface area contributed by atoms with Gasteiger partial charge in [0.15, 0.2) is 0 Å². The molecule has 94 valence electrons. The monoisotopic (exact) mass is 319 g/mol. The molecule has 0 bridgehead atoms. The number of nitrogens with zero attached hydrogens (tertiary/aromatic N) is 2. The Labute approximate surface area is 114 Å². The number of halogens is 2. The lowest BCUT2D eigenvalue weighted by atomic mass is 9.94. The molecule has 17 heavy (non-hydrogen) atoms. The molecule has 0 aliphatic heterocycles. The van der Waals surface area contributed by atoms with E-state index in [2.05, 4.69) is 25.9 Å². The summed E-state index contributed by atoms with van der Waals surface area (Å²) in [5, 5.41) is 0.127. The molecule has 0 aromatic carbocycles. The average Bonchev–Trinajstić information content (AvgIpc) is 2.32. The first-order valence-electron chi connectivity index (χ1n) is 5.71. The highest BCUT2D eigenvalue weighted by atomic mass is 79.9. The molecule has 1 aliphatic rings. The van der Waals surface area contributed by atoms with E-state index in [4.69, 9.17) is 11.6 Å². The molecule has 1 aliphatic carbocycles. The normalized spacial score (nSPS) is 24.6. The van der Waals surface area contributed by atoms with E-state index in [9.17, 15) is 4.79 Å². The van der Waals surface area contributed by atoms with Crippen LogP contribution in [-0.2, 0) is 0 Å². The van der Waals surface area contributed by atoms with Gasteiger partial charge in [-0.3, -0.25) is 4.79 Å². The smallest absolute Gasteiger partial charge is 0.267 e. The van der Waals surface area contributed by atoms with Crippen LogP contribution in [0.3, 0.4) is 0 Å². The second kappa shape index (κ2) is 5.40. The first kappa shape index (κ1) is 12.9. The molecule has 2 atom stereocenters. The third-order valence-corrected chi connectivity index (χ3v) is 4.48. The Bertz CT molecular complexity index is 451. The third-order valence-electron chi connectivity index (χ3n) is 3.26. The van der Waals surface area contributed by atoms with Crippen molar-refractivity contribution in [1.82, 2.24) is 9.97 Å². The maximum Gasteiger partial charge on any atom is 0.267 e. The van der Waals surface area contributed by atoms with Gasteiger partial charge in [-0.25, -0.2) is 4.98 Å². The van der Waals surface area contributed by atoms with Crippen LogP contribution in [0.15, 0.2) is 15.6 Å². The zero-order valence-electron chi connectivity index (χ0n) is 9.62. The molecule has 1 aromatic heterocycles. The molecule has 0 amide bonds. The molecule has 6 heteroatoms. The van der Waals surface area contributed by atoms with Gasteiger partial charge in [0, 0.05) is 13.1 Å². The fraction of sp³-hybridized carbons (Fsp3) is 0.636. The molecule has 1 N–H and O–H groups in total. The van der Waals surface area contributed by atoms with Crippen molar-refractivity contribution in [1.29, 1.82) is 0 Å². The first-order chi connectivity index (χ1) is 8.11. The van der Waals surface area contributed by atoms with Gasteiger partial charge in [0.05, 0.1) is 11.7 Å². The van der Waals surface area contributed by atoms with Gasteiger partial charge in [-0.1, -0.05) is 12.8 Å². The van der Waals surface area contributed by atoms with Crippen LogP contribution in [0.4, 0.5) is 5.82 Å². The molecule has 2 rings (SSSR count). The van der Waals surface area contributed by atoms with Gasteiger partial charge < -0.3 is 9.88 Å². The molecular weight excluding hydrogens is 305 g/mol. The highest BCUT2D eigenvalue weighted by Gasteiger charge is 2.28. The number of alkyl halides is 1. The molecule has 4 nitrogen and oxygen atoms in total. The van der Waals surface area contributed by atoms with Crippen LogP contribution in [0.2, 0.25) is 0 Å². The van der Waals surface area contributed by atoms with Gasteiger partial charge in [-0.05, 0) is 28.8 Å². The summed E-state index contributed by atoms with van der Waals surface area (Å²) < 4.78 is 0.469. The van der Waals surface area contributed by atoms with Crippen molar-refractivity contribution in [3.63, 3.8) is 0 Å². The Morgan fingerprint density at radius 1 is 1.53 bits per heavy atom. The van der Waals surface area contributed by atoms with E-state index in [1.807, 2.05) is 11.9 Å². The zero-order valence-corrected chi connectivity index (χ0v) is 12.0. The summed E-state index contributed by atoms with van der Waals surface area (Å²) in [6.45, 7) is 0. The molecule has 1 saturated carbocycles. The van der Waals surface area contributed by atoms with Crippen LogP contribution in [0, 0.1) is 0 Å². The number of H-pyrrole nitrogens is 1. The van der Waals surface area contributed by atoms with Gasteiger partial charge in [0.1, 0.15) is 10.3 Å². The number of aromatic amines is 1. The summed E-state index contributed by atoms with van der Waals surface area (Å²) in [7, 11) is 1.94. The first-order valence-corrected chi connectivity index (χ1v) is 6.94. The predicted molar refractivity (Wildman–Crippen MR) is 72.9 cm³/mol. The largest absolute Gasteiger partial charge is 0.354 e.